The van der Waals surface area contributed by atoms with E-state index in [2.05, 4.69) is 42.5 Å². The number of nitrogens with one attached hydrogen (secondary N) is 1. The highest BCUT2D eigenvalue weighted by atomic mass is 16.5. The van der Waals surface area contributed by atoms with Crippen molar-refractivity contribution >= 4 is 5.69 Å². The van der Waals surface area contributed by atoms with Gasteiger partial charge in [-0.1, -0.05) is 17.3 Å². The first-order chi connectivity index (χ1) is 7.27. The van der Waals surface area contributed by atoms with Crippen LogP contribution in [0.15, 0.2) is 35.2 Å². The Bertz CT molecular complexity index is 435. The van der Waals surface area contributed by atoms with E-state index in [1.807, 2.05) is 0 Å². The monoisotopic (exact) mass is 202 g/mol. The molecular formula is C12H14N2O. The molecule has 0 fully saturated rings. The Morgan fingerprint density at radius 1 is 1.33 bits per heavy atom. The van der Waals surface area contributed by atoms with Crippen molar-refractivity contribution in [2.45, 2.75) is 20.4 Å². The van der Waals surface area contributed by atoms with Crippen LogP contribution in [-0.4, -0.2) is 5.16 Å². The maximum absolute atomic E-state index is 4.77. The summed E-state index contributed by atoms with van der Waals surface area (Å²) in [7, 11) is 0. The second-order valence-electron chi connectivity index (χ2n) is 3.63. The summed E-state index contributed by atoms with van der Waals surface area (Å²) in [6, 6.07) is 6.24. The summed E-state index contributed by atoms with van der Waals surface area (Å²) in [6.07, 6.45) is 3.37. The highest BCUT2D eigenvalue weighted by Gasteiger charge is 2.00. The second-order valence-corrected chi connectivity index (χ2v) is 3.63. The molecular weight excluding hydrogens is 188 g/mol. The molecule has 0 radical (unpaired) electrons. The lowest BCUT2D eigenvalue weighted by Crippen LogP contribution is -2.00. The average molecular weight is 202 g/mol. The topological polar surface area (TPSA) is 38.1 Å². The molecule has 1 heterocycles. The van der Waals surface area contributed by atoms with Gasteiger partial charge in [-0.25, -0.2) is 0 Å². The van der Waals surface area contributed by atoms with Crippen molar-refractivity contribution in [1.29, 1.82) is 0 Å². The van der Waals surface area contributed by atoms with Gasteiger partial charge in [-0.05, 0) is 31.0 Å². The van der Waals surface area contributed by atoms with E-state index < -0.39 is 0 Å². The van der Waals surface area contributed by atoms with E-state index in [4.69, 9.17) is 4.52 Å². The third-order valence-corrected chi connectivity index (χ3v) is 2.57. The third-order valence-electron chi connectivity index (χ3n) is 2.57. The van der Waals surface area contributed by atoms with Crippen LogP contribution in [0.1, 0.15) is 16.7 Å². The molecule has 15 heavy (non-hydrogen) atoms. The number of nitrogens with zero attached hydrogens (tertiary/aromatic N) is 1. The van der Waals surface area contributed by atoms with E-state index in [1.54, 1.807) is 12.5 Å². The molecule has 0 spiro atoms. The quantitative estimate of drug-likeness (QED) is 0.831. The summed E-state index contributed by atoms with van der Waals surface area (Å²) >= 11 is 0. The zero-order valence-electron chi connectivity index (χ0n) is 8.95. The SMILES string of the molecule is Cc1cccc(NCc2cnoc2)c1C. The minimum atomic E-state index is 0.744. The van der Waals surface area contributed by atoms with Crippen LogP contribution in [0.2, 0.25) is 0 Å². The summed E-state index contributed by atoms with van der Waals surface area (Å²) in [6.45, 7) is 4.97. The number of benzene rings is 1. The number of anilines is 1. The van der Waals surface area contributed by atoms with Gasteiger partial charge in [-0.2, -0.15) is 0 Å². The summed E-state index contributed by atoms with van der Waals surface area (Å²) in [5, 5.41) is 7.02. The minimum absolute atomic E-state index is 0.744. The number of hydrogen-bond donors (Lipinski definition) is 1. The van der Waals surface area contributed by atoms with Gasteiger partial charge in [0.2, 0.25) is 0 Å². The Kier molecular flexibility index (Phi) is 2.72. The van der Waals surface area contributed by atoms with Gasteiger partial charge in [0.25, 0.3) is 0 Å². The first-order valence-electron chi connectivity index (χ1n) is 4.95. The summed E-state index contributed by atoms with van der Waals surface area (Å²) in [5.41, 5.74) is 4.80. The lowest BCUT2D eigenvalue weighted by atomic mass is 10.1. The molecule has 0 unspecified atom stereocenters. The smallest absolute Gasteiger partial charge is 0.128 e. The van der Waals surface area contributed by atoms with Gasteiger partial charge in [-0.15, -0.1) is 0 Å². The molecule has 1 aromatic carbocycles. The summed E-state index contributed by atoms with van der Waals surface area (Å²) < 4.78 is 4.77. The summed E-state index contributed by atoms with van der Waals surface area (Å²) in [5.74, 6) is 0. The maximum atomic E-state index is 4.77. The molecule has 0 aliphatic carbocycles. The van der Waals surface area contributed by atoms with Gasteiger partial charge >= 0.3 is 0 Å². The highest BCUT2D eigenvalue weighted by Crippen LogP contribution is 2.18. The van der Waals surface area contributed by atoms with Crippen molar-refractivity contribution in [2.24, 2.45) is 0 Å². The molecule has 0 atom stereocenters. The standard InChI is InChI=1S/C12H14N2O/c1-9-4-3-5-12(10(9)2)13-6-11-7-14-15-8-11/h3-5,7-8,13H,6H2,1-2H3. The molecule has 2 rings (SSSR count). The minimum Gasteiger partial charge on any atom is -0.381 e. The molecule has 3 heteroatoms. The van der Waals surface area contributed by atoms with Crippen LogP contribution in [0.4, 0.5) is 5.69 Å². The van der Waals surface area contributed by atoms with Crippen LogP contribution in [0.5, 0.6) is 0 Å². The Morgan fingerprint density at radius 2 is 2.20 bits per heavy atom. The van der Waals surface area contributed by atoms with E-state index in [1.165, 1.54) is 11.1 Å². The predicted octanol–water partition coefficient (Wildman–Crippen LogP) is 2.90. The molecule has 1 N–H and O–H groups in total. The first-order valence-corrected chi connectivity index (χ1v) is 4.95. The zero-order valence-corrected chi connectivity index (χ0v) is 8.95. The zero-order chi connectivity index (χ0) is 10.7. The molecule has 78 valence electrons. The van der Waals surface area contributed by atoms with Gasteiger partial charge < -0.3 is 9.84 Å². The average Bonchev–Trinajstić information content (AvgIpc) is 2.73. The maximum Gasteiger partial charge on any atom is 0.128 e. The van der Waals surface area contributed by atoms with Crippen LogP contribution < -0.4 is 5.32 Å². The fourth-order valence-corrected chi connectivity index (χ4v) is 1.45. The van der Waals surface area contributed by atoms with E-state index in [-0.39, 0.29) is 0 Å². The van der Waals surface area contributed by atoms with E-state index in [0.29, 0.717) is 0 Å². The fourth-order valence-electron chi connectivity index (χ4n) is 1.45. The van der Waals surface area contributed by atoms with Gasteiger partial charge in [0, 0.05) is 17.8 Å². The number of hydrogen-bond acceptors (Lipinski definition) is 3. The molecule has 0 aliphatic heterocycles. The lowest BCUT2D eigenvalue weighted by molar-refractivity contribution is 0.419. The van der Waals surface area contributed by atoms with Gasteiger partial charge in [-0.3, -0.25) is 0 Å². The fraction of sp³-hybridized carbons (Fsp3) is 0.250. The molecule has 0 bridgehead atoms. The van der Waals surface area contributed by atoms with Crippen LogP contribution >= 0.6 is 0 Å². The Morgan fingerprint density at radius 3 is 2.93 bits per heavy atom. The molecule has 0 amide bonds. The van der Waals surface area contributed by atoms with Crippen molar-refractivity contribution in [3.63, 3.8) is 0 Å². The van der Waals surface area contributed by atoms with Crippen molar-refractivity contribution < 1.29 is 4.52 Å². The van der Waals surface area contributed by atoms with Crippen molar-refractivity contribution in [1.82, 2.24) is 5.16 Å². The van der Waals surface area contributed by atoms with E-state index >= 15 is 0 Å². The molecule has 1 aromatic heterocycles. The van der Waals surface area contributed by atoms with Crippen molar-refractivity contribution in [3.8, 4) is 0 Å². The number of rotatable bonds is 3. The molecule has 0 aliphatic rings. The predicted molar refractivity (Wildman–Crippen MR) is 59.7 cm³/mol. The van der Waals surface area contributed by atoms with Crippen LogP contribution in [0, 0.1) is 13.8 Å². The van der Waals surface area contributed by atoms with Crippen LogP contribution in [0.25, 0.3) is 0 Å². The van der Waals surface area contributed by atoms with E-state index in [9.17, 15) is 0 Å². The highest BCUT2D eigenvalue weighted by molar-refractivity contribution is 5.53. The van der Waals surface area contributed by atoms with Gasteiger partial charge in [0.15, 0.2) is 0 Å². The largest absolute Gasteiger partial charge is 0.381 e. The molecule has 3 nitrogen and oxygen atoms in total. The van der Waals surface area contributed by atoms with Gasteiger partial charge in [0.1, 0.15) is 6.26 Å². The molecule has 0 saturated heterocycles. The second kappa shape index (κ2) is 4.17. The first kappa shape index (κ1) is 9.77. The third kappa shape index (κ3) is 2.18. The van der Waals surface area contributed by atoms with Crippen LogP contribution in [0.3, 0.4) is 0 Å². The Labute approximate surface area is 89.1 Å². The number of aryl methyl sites for hydroxylation is 1. The Balaban J connectivity index is 2.08. The molecule has 2 aromatic rings. The molecule has 0 saturated carbocycles. The van der Waals surface area contributed by atoms with E-state index in [0.717, 1.165) is 17.8 Å². The summed E-state index contributed by atoms with van der Waals surface area (Å²) in [4.78, 5) is 0. The number of aromatic nitrogens is 1. The normalized spacial score (nSPS) is 10.3. The van der Waals surface area contributed by atoms with Crippen LogP contribution in [-0.2, 0) is 6.54 Å². The lowest BCUT2D eigenvalue weighted by Gasteiger charge is -2.09. The van der Waals surface area contributed by atoms with Crippen molar-refractivity contribution in [2.75, 3.05) is 5.32 Å². The van der Waals surface area contributed by atoms with Gasteiger partial charge in [0.05, 0.1) is 6.20 Å². The van der Waals surface area contributed by atoms with Crippen molar-refractivity contribution in [3.05, 3.63) is 47.3 Å². The Hall–Kier alpha value is -1.77.